The average molecular weight is 379 g/mol. The second-order valence-corrected chi connectivity index (χ2v) is 7.13. The number of benzene rings is 2. The molecule has 2 aliphatic heterocycles. The van der Waals surface area contributed by atoms with Gasteiger partial charge in [-0.3, -0.25) is 4.79 Å². The summed E-state index contributed by atoms with van der Waals surface area (Å²) in [6.45, 7) is -0.612. The molecule has 1 atom stereocenters. The molecule has 2 N–H and O–H groups in total. The molecule has 4 rings (SSSR count). The molecule has 4 nitrogen and oxygen atoms in total. The van der Waals surface area contributed by atoms with Gasteiger partial charge in [-0.1, -0.05) is 23.7 Å². The molecule has 2 aliphatic rings. The number of carbonyl (C=O) groups excluding carboxylic acids is 1. The monoisotopic (exact) mass is 378 g/mol. The van der Waals surface area contributed by atoms with Crippen LogP contribution >= 0.6 is 11.6 Å². The topological polar surface area (TPSA) is 55.6 Å². The van der Waals surface area contributed by atoms with Crippen molar-refractivity contribution in [3.05, 3.63) is 52.5 Å². The SMILES string of the molecule is NCC1Cc2cc(-c3ccc(C(=O)N4CC(F)(F)C4)cc3)cc(Cl)c2O1. The molecule has 0 bridgehead atoms. The Kier molecular flexibility index (Phi) is 4.12. The number of hydrogen-bond acceptors (Lipinski definition) is 3. The number of likely N-dealkylation sites (tertiary alicyclic amines) is 1. The zero-order chi connectivity index (χ0) is 18.5. The predicted molar refractivity (Wildman–Crippen MR) is 94.9 cm³/mol. The van der Waals surface area contributed by atoms with E-state index in [1.807, 2.05) is 12.1 Å². The molecule has 1 unspecified atom stereocenters. The van der Waals surface area contributed by atoms with E-state index < -0.39 is 19.0 Å². The van der Waals surface area contributed by atoms with Crippen molar-refractivity contribution in [2.45, 2.75) is 18.4 Å². The largest absolute Gasteiger partial charge is 0.487 e. The molecular formula is C19H17ClF2N2O2. The summed E-state index contributed by atoms with van der Waals surface area (Å²) >= 11 is 6.33. The lowest BCUT2D eigenvalue weighted by Gasteiger charge is -2.38. The highest BCUT2D eigenvalue weighted by Gasteiger charge is 2.46. The molecule has 26 heavy (non-hydrogen) atoms. The van der Waals surface area contributed by atoms with Crippen LogP contribution in [0.4, 0.5) is 8.78 Å². The third-order valence-electron chi connectivity index (χ3n) is 4.71. The molecule has 0 saturated carbocycles. The van der Waals surface area contributed by atoms with Gasteiger partial charge in [0.25, 0.3) is 11.8 Å². The highest BCUT2D eigenvalue weighted by Crippen LogP contribution is 2.39. The first-order chi connectivity index (χ1) is 12.4. The summed E-state index contributed by atoms with van der Waals surface area (Å²) in [4.78, 5) is 13.3. The van der Waals surface area contributed by atoms with Crippen molar-refractivity contribution in [3.8, 4) is 16.9 Å². The third-order valence-corrected chi connectivity index (χ3v) is 4.99. The minimum absolute atomic E-state index is 0.0626. The smallest absolute Gasteiger partial charge is 0.282 e. The van der Waals surface area contributed by atoms with Crippen molar-refractivity contribution in [3.63, 3.8) is 0 Å². The molecule has 0 aromatic heterocycles. The van der Waals surface area contributed by atoms with E-state index >= 15 is 0 Å². The van der Waals surface area contributed by atoms with E-state index in [4.69, 9.17) is 22.1 Å². The van der Waals surface area contributed by atoms with Crippen LogP contribution in [-0.4, -0.2) is 42.5 Å². The van der Waals surface area contributed by atoms with Gasteiger partial charge < -0.3 is 15.4 Å². The average Bonchev–Trinajstić information content (AvgIpc) is 3.03. The normalized spacial score (nSPS) is 20.3. The molecule has 0 aliphatic carbocycles. The van der Waals surface area contributed by atoms with Crippen LogP contribution in [0.3, 0.4) is 0 Å². The maximum Gasteiger partial charge on any atom is 0.282 e. The van der Waals surface area contributed by atoms with Crippen molar-refractivity contribution >= 4 is 17.5 Å². The van der Waals surface area contributed by atoms with Gasteiger partial charge in [0, 0.05) is 24.1 Å². The Labute approximate surface area is 154 Å². The van der Waals surface area contributed by atoms with Gasteiger partial charge in [-0.05, 0) is 35.4 Å². The van der Waals surface area contributed by atoms with Gasteiger partial charge in [-0.25, -0.2) is 8.78 Å². The summed E-state index contributed by atoms with van der Waals surface area (Å²) in [5.41, 5.74) is 8.85. The summed E-state index contributed by atoms with van der Waals surface area (Å²) in [5, 5.41) is 0.524. The molecule has 0 spiro atoms. The first kappa shape index (κ1) is 17.2. The number of ether oxygens (including phenoxy) is 1. The Hall–Kier alpha value is -2.18. The lowest BCUT2D eigenvalue weighted by atomic mass is 9.99. The standard InChI is InChI=1S/C19H17ClF2N2O2/c20-16-7-13(5-14-6-15(8-23)26-17(14)16)11-1-3-12(4-2-11)18(25)24-9-19(21,22)10-24/h1-5,7,15H,6,8-10,23H2. The van der Waals surface area contributed by atoms with Gasteiger partial charge in [-0.2, -0.15) is 0 Å². The van der Waals surface area contributed by atoms with Crippen molar-refractivity contribution in [1.29, 1.82) is 0 Å². The molecule has 136 valence electrons. The molecule has 1 amide bonds. The number of amides is 1. The lowest BCUT2D eigenvalue weighted by molar-refractivity contribution is -0.113. The van der Waals surface area contributed by atoms with Gasteiger partial charge in [0.1, 0.15) is 11.9 Å². The molecule has 1 fully saturated rings. The zero-order valence-electron chi connectivity index (χ0n) is 13.8. The van der Waals surface area contributed by atoms with E-state index in [0.717, 1.165) is 21.6 Å². The summed E-state index contributed by atoms with van der Waals surface area (Å²) in [7, 11) is 0. The maximum absolute atomic E-state index is 12.9. The minimum Gasteiger partial charge on any atom is -0.487 e. The predicted octanol–water partition coefficient (Wildman–Crippen LogP) is 3.36. The summed E-state index contributed by atoms with van der Waals surface area (Å²) < 4.78 is 31.6. The van der Waals surface area contributed by atoms with Crippen LogP contribution in [0.2, 0.25) is 5.02 Å². The number of nitrogens with two attached hydrogens (primary N) is 1. The van der Waals surface area contributed by atoms with E-state index in [-0.39, 0.29) is 12.0 Å². The number of nitrogens with zero attached hydrogens (tertiary/aromatic N) is 1. The second-order valence-electron chi connectivity index (χ2n) is 6.72. The van der Waals surface area contributed by atoms with Gasteiger partial charge in [0.15, 0.2) is 0 Å². The number of hydrogen-bond donors (Lipinski definition) is 1. The molecule has 1 saturated heterocycles. The van der Waals surface area contributed by atoms with E-state index in [9.17, 15) is 13.6 Å². The van der Waals surface area contributed by atoms with Crippen LogP contribution in [0.25, 0.3) is 11.1 Å². The van der Waals surface area contributed by atoms with Gasteiger partial charge in [-0.15, -0.1) is 0 Å². The number of alkyl halides is 2. The van der Waals surface area contributed by atoms with E-state index in [2.05, 4.69) is 0 Å². The minimum atomic E-state index is -2.76. The Morgan fingerprint density at radius 2 is 1.92 bits per heavy atom. The Morgan fingerprint density at radius 1 is 1.23 bits per heavy atom. The van der Waals surface area contributed by atoms with Crippen LogP contribution in [0.15, 0.2) is 36.4 Å². The molecule has 7 heteroatoms. The van der Waals surface area contributed by atoms with Gasteiger partial charge >= 0.3 is 0 Å². The fourth-order valence-electron chi connectivity index (χ4n) is 3.33. The van der Waals surface area contributed by atoms with Crippen LogP contribution < -0.4 is 10.5 Å². The number of fused-ring (bicyclic) bond motifs is 1. The quantitative estimate of drug-likeness (QED) is 0.891. The second kappa shape index (κ2) is 6.21. The number of carbonyl (C=O) groups is 1. The fourth-order valence-corrected chi connectivity index (χ4v) is 3.61. The molecule has 0 radical (unpaired) electrons. The summed E-state index contributed by atoms with van der Waals surface area (Å²) in [5.74, 6) is -2.47. The van der Waals surface area contributed by atoms with Crippen molar-refractivity contribution < 1.29 is 18.3 Å². The Bertz CT molecular complexity index is 863. The van der Waals surface area contributed by atoms with Crippen LogP contribution in [0.5, 0.6) is 5.75 Å². The van der Waals surface area contributed by atoms with E-state index in [0.29, 0.717) is 29.3 Å². The van der Waals surface area contributed by atoms with Gasteiger partial charge in [0.05, 0.1) is 18.1 Å². The van der Waals surface area contributed by atoms with Crippen LogP contribution in [0.1, 0.15) is 15.9 Å². The van der Waals surface area contributed by atoms with Crippen LogP contribution in [0, 0.1) is 0 Å². The zero-order valence-corrected chi connectivity index (χ0v) is 14.6. The third kappa shape index (κ3) is 3.04. The maximum atomic E-state index is 12.9. The molecule has 2 aromatic rings. The Morgan fingerprint density at radius 3 is 2.54 bits per heavy atom. The fraction of sp³-hybridized carbons (Fsp3) is 0.316. The van der Waals surface area contributed by atoms with Crippen molar-refractivity contribution in [1.82, 2.24) is 4.90 Å². The van der Waals surface area contributed by atoms with E-state index in [1.165, 1.54) is 0 Å². The van der Waals surface area contributed by atoms with E-state index in [1.54, 1.807) is 24.3 Å². The highest BCUT2D eigenvalue weighted by atomic mass is 35.5. The first-order valence-corrected chi connectivity index (χ1v) is 8.71. The highest BCUT2D eigenvalue weighted by molar-refractivity contribution is 6.32. The first-order valence-electron chi connectivity index (χ1n) is 8.33. The van der Waals surface area contributed by atoms with Crippen LogP contribution in [-0.2, 0) is 6.42 Å². The van der Waals surface area contributed by atoms with Crippen molar-refractivity contribution in [2.75, 3.05) is 19.6 Å². The number of rotatable bonds is 3. The Balaban J connectivity index is 1.55. The molecule has 2 aromatic carbocycles. The van der Waals surface area contributed by atoms with Gasteiger partial charge in [0.2, 0.25) is 0 Å². The molecular weight excluding hydrogens is 362 g/mol. The summed E-state index contributed by atoms with van der Waals surface area (Å²) in [6.07, 6.45) is 0.645. The molecule has 2 heterocycles. The summed E-state index contributed by atoms with van der Waals surface area (Å²) in [6, 6.07) is 10.7. The van der Waals surface area contributed by atoms with Crippen molar-refractivity contribution in [2.24, 2.45) is 5.73 Å². The lowest BCUT2D eigenvalue weighted by Crippen LogP contribution is -2.58. The number of halogens is 3.